The number of nitrogens with zero attached hydrogens (tertiary/aromatic N) is 3. The van der Waals surface area contributed by atoms with Crippen molar-refractivity contribution in [2.75, 3.05) is 11.9 Å². The van der Waals surface area contributed by atoms with Gasteiger partial charge in [0.15, 0.2) is 0 Å². The number of rotatable bonds is 5. The smallest absolute Gasteiger partial charge is 0.251 e. The van der Waals surface area contributed by atoms with Crippen LogP contribution in [0.4, 0.5) is 5.69 Å². The molecule has 2 amide bonds. The van der Waals surface area contributed by atoms with Gasteiger partial charge in [0, 0.05) is 31.3 Å². The lowest BCUT2D eigenvalue weighted by Crippen LogP contribution is -2.27. The molecule has 1 heterocycles. The summed E-state index contributed by atoms with van der Waals surface area (Å²) in [5.41, 5.74) is 3.84. The topological polar surface area (TPSA) is 88.9 Å². The molecular weight excluding hydrogens is 318 g/mol. The van der Waals surface area contributed by atoms with Gasteiger partial charge in [0.1, 0.15) is 5.52 Å². The Labute approximate surface area is 145 Å². The molecule has 0 saturated carbocycles. The lowest BCUT2D eigenvalue weighted by molar-refractivity contribution is -0.116. The van der Waals surface area contributed by atoms with E-state index in [1.807, 2.05) is 31.2 Å². The summed E-state index contributed by atoms with van der Waals surface area (Å²) < 4.78 is 1.65. The highest BCUT2D eigenvalue weighted by atomic mass is 16.2. The fourth-order valence-corrected chi connectivity index (χ4v) is 2.52. The van der Waals surface area contributed by atoms with E-state index in [1.54, 1.807) is 29.9 Å². The molecular formula is C18H19N5O2. The second-order valence-electron chi connectivity index (χ2n) is 5.84. The summed E-state index contributed by atoms with van der Waals surface area (Å²) in [6.45, 7) is 2.22. The monoisotopic (exact) mass is 337 g/mol. The molecule has 0 aliphatic heterocycles. The van der Waals surface area contributed by atoms with Crippen LogP contribution >= 0.6 is 0 Å². The molecule has 0 aliphatic rings. The van der Waals surface area contributed by atoms with Crippen molar-refractivity contribution >= 4 is 28.5 Å². The van der Waals surface area contributed by atoms with Gasteiger partial charge in [-0.15, -0.1) is 5.10 Å². The minimum atomic E-state index is -0.240. The number of hydrogen-bond donors (Lipinski definition) is 2. The van der Waals surface area contributed by atoms with E-state index in [0.717, 1.165) is 16.8 Å². The van der Waals surface area contributed by atoms with Crippen LogP contribution in [0.15, 0.2) is 42.5 Å². The van der Waals surface area contributed by atoms with E-state index < -0.39 is 0 Å². The first-order valence-corrected chi connectivity index (χ1v) is 7.97. The van der Waals surface area contributed by atoms with Gasteiger partial charge < -0.3 is 10.6 Å². The minimum Gasteiger partial charge on any atom is -0.352 e. The second kappa shape index (κ2) is 7.12. The maximum atomic E-state index is 12.2. The fraction of sp³-hybridized carbons (Fsp3) is 0.222. The van der Waals surface area contributed by atoms with Gasteiger partial charge in [-0.1, -0.05) is 17.3 Å². The van der Waals surface area contributed by atoms with E-state index >= 15 is 0 Å². The maximum absolute atomic E-state index is 12.2. The lowest BCUT2D eigenvalue weighted by Gasteiger charge is -2.07. The van der Waals surface area contributed by atoms with Crippen LogP contribution in [0.5, 0.6) is 0 Å². The van der Waals surface area contributed by atoms with Gasteiger partial charge in [-0.25, -0.2) is 4.68 Å². The van der Waals surface area contributed by atoms with E-state index in [2.05, 4.69) is 20.9 Å². The predicted molar refractivity (Wildman–Crippen MR) is 95.3 cm³/mol. The lowest BCUT2D eigenvalue weighted by atomic mass is 10.2. The Hall–Kier alpha value is -3.22. The average molecular weight is 337 g/mol. The molecule has 25 heavy (non-hydrogen) atoms. The summed E-state index contributed by atoms with van der Waals surface area (Å²) in [5.74, 6) is -0.383. The van der Waals surface area contributed by atoms with Gasteiger partial charge >= 0.3 is 0 Å². The normalized spacial score (nSPS) is 10.6. The van der Waals surface area contributed by atoms with Crippen LogP contribution < -0.4 is 10.6 Å². The summed E-state index contributed by atoms with van der Waals surface area (Å²) >= 11 is 0. The first kappa shape index (κ1) is 16.6. The largest absolute Gasteiger partial charge is 0.352 e. The highest BCUT2D eigenvalue weighted by Gasteiger charge is 2.10. The number of amides is 2. The Morgan fingerprint density at radius 3 is 2.80 bits per heavy atom. The molecule has 0 atom stereocenters. The number of aryl methyl sites for hydroxylation is 2. The number of benzene rings is 2. The summed E-state index contributed by atoms with van der Waals surface area (Å²) in [5, 5.41) is 13.5. The van der Waals surface area contributed by atoms with Crippen LogP contribution in [0.1, 0.15) is 22.3 Å². The molecule has 7 heteroatoms. The van der Waals surface area contributed by atoms with Crippen molar-refractivity contribution in [3.8, 4) is 0 Å². The van der Waals surface area contributed by atoms with E-state index in [-0.39, 0.29) is 24.8 Å². The van der Waals surface area contributed by atoms with E-state index in [9.17, 15) is 9.59 Å². The molecule has 2 aromatic carbocycles. The van der Waals surface area contributed by atoms with Crippen molar-refractivity contribution in [2.45, 2.75) is 13.3 Å². The second-order valence-corrected chi connectivity index (χ2v) is 5.84. The van der Waals surface area contributed by atoms with E-state index in [4.69, 9.17) is 0 Å². The summed E-state index contributed by atoms with van der Waals surface area (Å²) in [7, 11) is 1.79. The third kappa shape index (κ3) is 4.00. The SMILES string of the molecule is Cc1cccc(NC(=O)CCNC(=O)c2ccc3c(c2)nnn3C)c1. The summed E-state index contributed by atoms with van der Waals surface area (Å²) in [6.07, 6.45) is 0.201. The Morgan fingerprint density at radius 2 is 2.00 bits per heavy atom. The molecule has 128 valence electrons. The van der Waals surface area contributed by atoms with Gasteiger partial charge in [-0.2, -0.15) is 0 Å². The zero-order valence-corrected chi connectivity index (χ0v) is 14.1. The molecule has 3 rings (SSSR count). The number of carbonyl (C=O) groups excluding carboxylic acids is 2. The van der Waals surface area contributed by atoms with Gasteiger partial charge in [-0.05, 0) is 42.8 Å². The average Bonchev–Trinajstić information content (AvgIpc) is 2.95. The van der Waals surface area contributed by atoms with E-state index in [1.165, 1.54) is 0 Å². The van der Waals surface area contributed by atoms with Gasteiger partial charge in [0.05, 0.1) is 5.52 Å². The summed E-state index contributed by atoms with van der Waals surface area (Å²) in [4.78, 5) is 24.1. The quantitative estimate of drug-likeness (QED) is 0.745. The minimum absolute atomic E-state index is 0.143. The highest BCUT2D eigenvalue weighted by Crippen LogP contribution is 2.12. The van der Waals surface area contributed by atoms with Crippen LogP contribution in [0.3, 0.4) is 0 Å². The number of aromatic nitrogens is 3. The van der Waals surface area contributed by atoms with Crippen LogP contribution in [0.25, 0.3) is 11.0 Å². The van der Waals surface area contributed by atoms with Crippen molar-refractivity contribution in [1.29, 1.82) is 0 Å². The number of hydrogen-bond acceptors (Lipinski definition) is 4. The predicted octanol–water partition coefficient (Wildman–Crippen LogP) is 2.04. The van der Waals surface area contributed by atoms with Crippen LogP contribution in [-0.4, -0.2) is 33.4 Å². The van der Waals surface area contributed by atoms with Crippen molar-refractivity contribution in [1.82, 2.24) is 20.3 Å². The Morgan fingerprint density at radius 1 is 1.16 bits per heavy atom. The van der Waals surface area contributed by atoms with Crippen molar-refractivity contribution in [2.24, 2.45) is 7.05 Å². The van der Waals surface area contributed by atoms with Gasteiger partial charge in [0.25, 0.3) is 5.91 Å². The van der Waals surface area contributed by atoms with Crippen LogP contribution in [0.2, 0.25) is 0 Å². The molecule has 7 nitrogen and oxygen atoms in total. The molecule has 0 saturated heterocycles. The zero-order valence-electron chi connectivity index (χ0n) is 14.1. The first-order valence-electron chi connectivity index (χ1n) is 7.97. The standard InChI is InChI=1S/C18H19N5O2/c1-12-4-3-5-14(10-12)20-17(24)8-9-19-18(25)13-6-7-16-15(11-13)21-22-23(16)2/h3-7,10-11H,8-9H2,1-2H3,(H,19,25)(H,20,24). The molecule has 0 radical (unpaired) electrons. The Bertz CT molecular complexity index is 932. The molecule has 0 spiro atoms. The van der Waals surface area contributed by atoms with Gasteiger partial charge in [0.2, 0.25) is 5.91 Å². The molecule has 0 bridgehead atoms. The van der Waals surface area contributed by atoms with E-state index in [0.29, 0.717) is 11.1 Å². The van der Waals surface area contributed by atoms with Crippen LogP contribution in [0, 0.1) is 6.92 Å². The van der Waals surface area contributed by atoms with Crippen molar-refractivity contribution in [3.05, 3.63) is 53.6 Å². The number of carbonyl (C=O) groups is 2. The Balaban J connectivity index is 1.52. The first-order chi connectivity index (χ1) is 12.0. The number of anilines is 1. The van der Waals surface area contributed by atoms with Gasteiger partial charge in [-0.3, -0.25) is 9.59 Å². The molecule has 2 N–H and O–H groups in total. The highest BCUT2D eigenvalue weighted by molar-refractivity contribution is 5.97. The van der Waals surface area contributed by atoms with Crippen LogP contribution in [-0.2, 0) is 11.8 Å². The molecule has 1 aromatic heterocycles. The molecule has 0 aliphatic carbocycles. The number of fused-ring (bicyclic) bond motifs is 1. The number of nitrogens with one attached hydrogen (secondary N) is 2. The zero-order chi connectivity index (χ0) is 17.8. The third-order valence-electron chi connectivity index (χ3n) is 3.81. The third-order valence-corrected chi connectivity index (χ3v) is 3.81. The van der Waals surface area contributed by atoms with Crippen molar-refractivity contribution < 1.29 is 9.59 Å². The molecule has 3 aromatic rings. The van der Waals surface area contributed by atoms with Crippen molar-refractivity contribution in [3.63, 3.8) is 0 Å². The molecule has 0 unspecified atom stereocenters. The fourth-order valence-electron chi connectivity index (χ4n) is 2.52. The molecule has 0 fully saturated rings. The Kier molecular flexibility index (Phi) is 4.74. The maximum Gasteiger partial charge on any atom is 0.251 e. The summed E-state index contributed by atoms with van der Waals surface area (Å²) in [6, 6.07) is 12.8.